The fraction of sp³-hybridized carbons (Fsp3) is 0.429. The lowest BCUT2D eigenvalue weighted by Crippen LogP contribution is -2.14. The summed E-state index contributed by atoms with van der Waals surface area (Å²) in [6, 6.07) is 3.96. The zero-order valence-corrected chi connectivity index (χ0v) is 12.2. The van der Waals surface area contributed by atoms with Gasteiger partial charge in [0.1, 0.15) is 12.4 Å². The molecule has 0 aromatic carbocycles. The summed E-state index contributed by atoms with van der Waals surface area (Å²) in [5, 5.41) is 4.39. The first-order valence-electron chi connectivity index (χ1n) is 6.47. The molecule has 0 radical (unpaired) electrons. The summed E-state index contributed by atoms with van der Waals surface area (Å²) < 4.78 is 5.67. The average Bonchev–Trinajstić information content (AvgIpc) is 2.84. The predicted octanol–water partition coefficient (Wildman–Crippen LogP) is 2.93. The van der Waals surface area contributed by atoms with Gasteiger partial charge < -0.3 is 10.1 Å². The maximum Gasteiger partial charge on any atom is 0.138 e. The molecular weight excluding hydrogens is 258 g/mol. The maximum absolute atomic E-state index is 5.67. The second kappa shape index (κ2) is 7.21. The van der Waals surface area contributed by atoms with E-state index >= 15 is 0 Å². The quantitative estimate of drug-likeness (QED) is 0.790. The summed E-state index contributed by atoms with van der Waals surface area (Å²) in [4.78, 5) is 9.70. The Morgan fingerprint density at radius 3 is 2.79 bits per heavy atom. The smallest absolute Gasteiger partial charge is 0.138 e. The molecule has 0 saturated carbocycles. The van der Waals surface area contributed by atoms with Crippen LogP contribution in [0.25, 0.3) is 0 Å². The number of aromatic nitrogens is 2. The van der Waals surface area contributed by atoms with Crippen LogP contribution in [0.3, 0.4) is 0 Å². The van der Waals surface area contributed by atoms with Gasteiger partial charge in [0.05, 0.1) is 21.8 Å². The van der Waals surface area contributed by atoms with Crippen LogP contribution >= 0.6 is 11.3 Å². The highest BCUT2D eigenvalue weighted by atomic mass is 32.1. The summed E-state index contributed by atoms with van der Waals surface area (Å²) >= 11 is 1.66. The minimum Gasteiger partial charge on any atom is -0.486 e. The van der Waals surface area contributed by atoms with Crippen LogP contribution in [0, 0.1) is 6.92 Å². The molecule has 2 aromatic rings. The number of pyridine rings is 1. The number of ether oxygens (including phenoxy) is 1. The second-order valence-corrected chi connectivity index (χ2v) is 5.62. The van der Waals surface area contributed by atoms with E-state index in [0.717, 1.165) is 40.8 Å². The van der Waals surface area contributed by atoms with Crippen LogP contribution < -0.4 is 10.1 Å². The molecular formula is C14H19N3OS. The van der Waals surface area contributed by atoms with Gasteiger partial charge in [-0.25, -0.2) is 4.98 Å². The summed E-state index contributed by atoms with van der Waals surface area (Å²) in [5.41, 5.74) is 1.04. The van der Waals surface area contributed by atoms with Crippen LogP contribution in [0.5, 0.6) is 5.75 Å². The van der Waals surface area contributed by atoms with E-state index in [9.17, 15) is 0 Å². The van der Waals surface area contributed by atoms with Gasteiger partial charge in [0.15, 0.2) is 0 Å². The highest BCUT2D eigenvalue weighted by molar-refractivity contribution is 7.11. The second-order valence-electron chi connectivity index (χ2n) is 4.30. The van der Waals surface area contributed by atoms with Gasteiger partial charge in [-0.1, -0.05) is 6.92 Å². The molecule has 2 heterocycles. The van der Waals surface area contributed by atoms with Gasteiger partial charge in [0.2, 0.25) is 0 Å². The summed E-state index contributed by atoms with van der Waals surface area (Å²) in [5.74, 6) is 0.797. The van der Waals surface area contributed by atoms with E-state index in [2.05, 4.69) is 22.2 Å². The Morgan fingerprint density at radius 1 is 1.26 bits per heavy atom. The molecule has 0 bridgehead atoms. The number of hydrogen-bond acceptors (Lipinski definition) is 5. The Bertz CT molecular complexity index is 496. The molecule has 0 amide bonds. The summed E-state index contributed by atoms with van der Waals surface area (Å²) in [6.07, 6.45) is 4.77. The van der Waals surface area contributed by atoms with E-state index < -0.39 is 0 Å². The first kappa shape index (κ1) is 14.0. The molecule has 5 heteroatoms. The van der Waals surface area contributed by atoms with Crippen molar-refractivity contribution in [1.29, 1.82) is 0 Å². The van der Waals surface area contributed by atoms with Crippen LogP contribution in [0.1, 0.15) is 28.9 Å². The molecule has 0 atom stereocenters. The number of thiazole rings is 1. The molecule has 0 aliphatic heterocycles. The van der Waals surface area contributed by atoms with Crippen molar-refractivity contribution in [3.05, 3.63) is 40.1 Å². The average molecular weight is 277 g/mol. The van der Waals surface area contributed by atoms with E-state index in [-0.39, 0.29) is 0 Å². The van der Waals surface area contributed by atoms with Gasteiger partial charge >= 0.3 is 0 Å². The number of hydrogen-bond donors (Lipinski definition) is 1. The molecule has 0 spiro atoms. The van der Waals surface area contributed by atoms with Crippen molar-refractivity contribution in [2.24, 2.45) is 0 Å². The van der Waals surface area contributed by atoms with Gasteiger partial charge in [0.25, 0.3) is 0 Å². The molecule has 0 aliphatic carbocycles. The zero-order valence-electron chi connectivity index (χ0n) is 11.3. The zero-order chi connectivity index (χ0) is 13.5. The van der Waals surface area contributed by atoms with Gasteiger partial charge in [0, 0.05) is 12.7 Å². The molecule has 0 unspecified atom stereocenters. The third kappa shape index (κ3) is 4.61. The molecule has 102 valence electrons. The Hall–Kier alpha value is -1.46. The minimum atomic E-state index is 0.556. The topological polar surface area (TPSA) is 47.0 Å². The fourth-order valence-corrected chi connectivity index (χ4v) is 2.33. The molecule has 0 saturated heterocycles. The highest BCUT2D eigenvalue weighted by Gasteiger charge is 2.01. The number of nitrogens with zero attached hydrogens (tertiary/aromatic N) is 2. The molecule has 2 rings (SSSR count). The molecule has 1 N–H and O–H groups in total. The van der Waals surface area contributed by atoms with Crippen molar-refractivity contribution in [2.45, 2.75) is 33.4 Å². The molecule has 19 heavy (non-hydrogen) atoms. The maximum atomic E-state index is 5.67. The van der Waals surface area contributed by atoms with Crippen LogP contribution in [0.15, 0.2) is 24.5 Å². The number of nitrogens with one attached hydrogen (secondary N) is 1. The highest BCUT2D eigenvalue weighted by Crippen LogP contribution is 2.16. The molecule has 0 fully saturated rings. The molecule has 0 aliphatic rings. The van der Waals surface area contributed by atoms with Gasteiger partial charge in [-0.2, -0.15) is 0 Å². The van der Waals surface area contributed by atoms with Crippen LogP contribution in [0.4, 0.5) is 0 Å². The van der Waals surface area contributed by atoms with E-state index in [0.29, 0.717) is 6.61 Å². The lowest BCUT2D eigenvalue weighted by Gasteiger charge is -2.06. The van der Waals surface area contributed by atoms with Crippen LogP contribution in [-0.2, 0) is 13.2 Å². The standard InChI is InChI=1S/C14H19N3OS/c1-3-6-15-7-12-4-5-13(8-17-12)18-10-14-9-16-11(2)19-14/h4-5,8-9,15H,3,6-7,10H2,1-2H3. The van der Waals surface area contributed by atoms with Crippen molar-refractivity contribution in [2.75, 3.05) is 6.54 Å². The number of aryl methyl sites for hydroxylation is 1. The third-order valence-electron chi connectivity index (χ3n) is 2.58. The lowest BCUT2D eigenvalue weighted by atomic mass is 10.3. The van der Waals surface area contributed by atoms with Crippen LogP contribution in [0.2, 0.25) is 0 Å². The minimum absolute atomic E-state index is 0.556. The summed E-state index contributed by atoms with van der Waals surface area (Å²) in [6.45, 7) is 6.53. The monoisotopic (exact) mass is 277 g/mol. The third-order valence-corrected chi connectivity index (χ3v) is 3.47. The van der Waals surface area contributed by atoms with E-state index in [1.165, 1.54) is 0 Å². The number of rotatable bonds is 7. The van der Waals surface area contributed by atoms with Crippen molar-refractivity contribution in [1.82, 2.24) is 15.3 Å². The Kier molecular flexibility index (Phi) is 5.30. The normalized spacial score (nSPS) is 10.6. The predicted molar refractivity (Wildman–Crippen MR) is 77.4 cm³/mol. The first-order chi connectivity index (χ1) is 9.28. The lowest BCUT2D eigenvalue weighted by molar-refractivity contribution is 0.308. The Morgan fingerprint density at radius 2 is 2.16 bits per heavy atom. The van der Waals surface area contributed by atoms with E-state index in [1.54, 1.807) is 17.5 Å². The largest absolute Gasteiger partial charge is 0.486 e. The van der Waals surface area contributed by atoms with Crippen molar-refractivity contribution >= 4 is 11.3 Å². The van der Waals surface area contributed by atoms with Crippen molar-refractivity contribution in [3.8, 4) is 5.75 Å². The molecule has 4 nitrogen and oxygen atoms in total. The van der Waals surface area contributed by atoms with Gasteiger partial charge in [-0.05, 0) is 32.0 Å². The fourth-order valence-electron chi connectivity index (χ4n) is 1.62. The first-order valence-corrected chi connectivity index (χ1v) is 7.29. The molecule has 2 aromatic heterocycles. The SMILES string of the molecule is CCCNCc1ccc(OCc2cnc(C)s2)cn1. The van der Waals surface area contributed by atoms with Crippen molar-refractivity contribution < 1.29 is 4.74 Å². The Labute approximate surface area is 117 Å². The summed E-state index contributed by atoms with van der Waals surface area (Å²) in [7, 11) is 0. The van der Waals surface area contributed by atoms with E-state index in [4.69, 9.17) is 4.74 Å². The Balaban J connectivity index is 1.81. The van der Waals surface area contributed by atoms with Gasteiger partial charge in [-0.15, -0.1) is 11.3 Å². The van der Waals surface area contributed by atoms with E-state index in [1.807, 2.05) is 25.3 Å². The van der Waals surface area contributed by atoms with Crippen molar-refractivity contribution in [3.63, 3.8) is 0 Å². The van der Waals surface area contributed by atoms with Gasteiger partial charge in [-0.3, -0.25) is 4.98 Å². The van der Waals surface area contributed by atoms with Crippen LogP contribution in [-0.4, -0.2) is 16.5 Å².